The lowest BCUT2D eigenvalue weighted by Gasteiger charge is -2.16. The summed E-state index contributed by atoms with van der Waals surface area (Å²) in [6, 6.07) is 7.80. The first-order valence-corrected chi connectivity index (χ1v) is 5.33. The fourth-order valence-electron chi connectivity index (χ4n) is 1.35. The SMILES string of the molecule is CCOc1ccccc1NCC(OC)OC. The zero-order valence-electron chi connectivity index (χ0n) is 10.0. The summed E-state index contributed by atoms with van der Waals surface area (Å²) in [4.78, 5) is 0. The number of anilines is 1. The maximum atomic E-state index is 5.49. The lowest BCUT2D eigenvalue weighted by atomic mass is 10.3. The predicted molar refractivity (Wildman–Crippen MR) is 63.9 cm³/mol. The van der Waals surface area contributed by atoms with Crippen molar-refractivity contribution in [3.8, 4) is 5.75 Å². The lowest BCUT2D eigenvalue weighted by Crippen LogP contribution is -2.23. The first kappa shape index (κ1) is 12.8. The lowest BCUT2D eigenvalue weighted by molar-refractivity contribution is -0.0914. The van der Waals surface area contributed by atoms with Crippen LogP contribution in [0.1, 0.15) is 6.92 Å². The number of para-hydroxylation sites is 2. The van der Waals surface area contributed by atoms with Crippen molar-refractivity contribution in [2.24, 2.45) is 0 Å². The molecule has 1 aromatic rings. The average molecular weight is 225 g/mol. The highest BCUT2D eigenvalue weighted by atomic mass is 16.7. The van der Waals surface area contributed by atoms with E-state index in [4.69, 9.17) is 14.2 Å². The largest absolute Gasteiger partial charge is 0.492 e. The van der Waals surface area contributed by atoms with Crippen molar-refractivity contribution in [3.63, 3.8) is 0 Å². The standard InChI is InChI=1S/C12H19NO3/c1-4-16-11-8-6-5-7-10(11)13-9-12(14-2)15-3/h5-8,12-13H,4,9H2,1-3H3. The van der Waals surface area contributed by atoms with Crippen molar-refractivity contribution in [1.29, 1.82) is 0 Å². The highest BCUT2D eigenvalue weighted by Gasteiger charge is 2.06. The number of methoxy groups -OCH3 is 2. The van der Waals surface area contributed by atoms with E-state index in [-0.39, 0.29) is 6.29 Å². The third-order valence-corrected chi connectivity index (χ3v) is 2.17. The number of hydrogen-bond donors (Lipinski definition) is 1. The van der Waals surface area contributed by atoms with Crippen molar-refractivity contribution >= 4 is 5.69 Å². The van der Waals surface area contributed by atoms with Gasteiger partial charge in [0, 0.05) is 14.2 Å². The molecule has 0 fully saturated rings. The molecule has 0 spiro atoms. The van der Waals surface area contributed by atoms with E-state index < -0.39 is 0 Å². The Kier molecular flexibility index (Phi) is 5.67. The van der Waals surface area contributed by atoms with Gasteiger partial charge in [-0.3, -0.25) is 0 Å². The molecule has 16 heavy (non-hydrogen) atoms. The van der Waals surface area contributed by atoms with Gasteiger partial charge >= 0.3 is 0 Å². The van der Waals surface area contributed by atoms with Gasteiger partial charge in [0.1, 0.15) is 5.75 Å². The molecule has 0 heterocycles. The minimum absolute atomic E-state index is 0.255. The third-order valence-electron chi connectivity index (χ3n) is 2.17. The van der Waals surface area contributed by atoms with Crippen LogP contribution in [-0.2, 0) is 9.47 Å². The Hall–Kier alpha value is -1.26. The molecule has 4 heteroatoms. The Morgan fingerprint density at radius 1 is 1.19 bits per heavy atom. The molecule has 0 unspecified atom stereocenters. The number of ether oxygens (including phenoxy) is 3. The van der Waals surface area contributed by atoms with Crippen LogP contribution in [0.2, 0.25) is 0 Å². The van der Waals surface area contributed by atoms with Gasteiger partial charge in [0.05, 0.1) is 18.8 Å². The zero-order chi connectivity index (χ0) is 11.8. The minimum atomic E-state index is -0.255. The van der Waals surface area contributed by atoms with Gasteiger partial charge in [-0.1, -0.05) is 12.1 Å². The van der Waals surface area contributed by atoms with Gasteiger partial charge in [0.15, 0.2) is 6.29 Å². The molecule has 0 amide bonds. The monoisotopic (exact) mass is 225 g/mol. The molecule has 90 valence electrons. The smallest absolute Gasteiger partial charge is 0.173 e. The van der Waals surface area contributed by atoms with Gasteiger partial charge in [-0.15, -0.1) is 0 Å². The molecule has 0 aromatic heterocycles. The summed E-state index contributed by atoms with van der Waals surface area (Å²) in [5.74, 6) is 0.843. The summed E-state index contributed by atoms with van der Waals surface area (Å²) in [7, 11) is 3.23. The van der Waals surface area contributed by atoms with Crippen LogP contribution in [0.4, 0.5) is 5.69 Å². The fraction of sp³-hybridized carbons (Fsp3) is 0.500. The molecule has 0 radical (unpaired) electrons. The van der Waals surface area contributed by atoms with Crippen LogP contribution < -0.4 is 10.1 Å². The van der Waals surface area contributed by atoms with E-state index in [9.17, 15) is 0 Å². The zero-order valence-corrected chi connectivity index (χ0v) is 10.0. The molecule has 1 N–H and O–H groups in total. The van der Waals surface area contributed by atoms with Crippen molar-refractivity contribution in [3.05, 3.63) is 24.3 Å². The van der Waals surface area contributed by atoms with E-state index in [0.29, 0.717) is 13.2 Å². The van der Waals surface area contributed by atoms with Crippen LogP contribution in [0.5, 0.6) is 5.75 Å². The number of hydrogen-bond acceptors (Lipinski definition) is 4. The van der Waals surface area contributed by atoms with Crippen LogP contribution in [0, 0.1) is 0 Å². The molecule has 0 saturated heterocycles. The predicted octanol–water partition coefficient (Wildman–Crippen LogP) is 2.12. The summed E-state index contributed by atoms with van der Waals surface area (Å²) in [6.07, 6.45) is -0.255. The second kappa shape index (κ2) is 7.09. The third kappa shape index (κ3) is 3.72. The van der Waals surface area contributed by atoms with Gasteiger partial charge in [0.2, 0.25) is 0 Å². The quantitative estimate of drug-likeness (QED) is 0.721. The molecule has 1 rings (SSSR count). The van der Waals surface area contributed by atoms with Crippen LogP contribution in [0.3, 0.4) is 0 Å². The molecule has 1 aromatic carbocycles. The Balaban J connectivity index is 2.58. The fourth-order valence-corrected chi connectivity index (χ4v) is 1.35. The maximum Gasteiger partial charge on any atom is 0.173 e. The van der Waals surface area contributed by atoms with Gasteiger partial charge in [-0.05, 0) is 19.1 Å². The molecule has 0 saturated carbocycles. The summed E-state index contributed by atoms with van der Waals surface area (Å²) in [6.45, 7) is 3.19. The van der Waals surface area contributed by atoms with Crippen LogP contribution in [-0.4, -0.2) is 33.7 Å². The van der Waals surface area contributed by atoms with E-state index in [1.54, 1.807) is 14.2 Å². The topological polar surface area (TPSA) is 39.7 Å². The second-order valence-electron chi connectivity index (χ2n) is 3.21. The first-order chi connectivity index (χ1) is 7.81. The molecule has 0 aliphatic heterocycles. The number of nitrogens with one attached hydrogen (secondary N) is 1. The van der Waals surface area contributed by atoms with Crippen molar-refractivity contribution in [2.45, 2.75) is 13.2 Å². The summed E-state index contributed by atoms with van der Waals surface area (Å²) in [5, 5.41) is 3.22. The number of benzene rings is 1. The Morgan fingerprint density at radius 2 is 1.88 bits per heavy atom. The average Bonchev–Trinajstić information content (AvgIpc) is 2.33. The van der Waals surface area contributed by atoms with E-state index in [1.165, 1.54) is 0 Å². The second-order valence-corrected chi connectivity index (χ2v) is 3.21. The summed E-state index contributed by atoms with van der Waals surface area (Å²) in [5.41, 5.74) is 0.948. The van der Waals surface area contributed by atoms with Gasteiger partial charge in [-0.25, -0.2) is 0 Å². The minimum Gasteiger partial charge on any atom is -0.492 e. The molecule has 0 aliphatic rings. The van der Waals surface area contributed by atoms with E-state index in [0.717, 1.165) is 11.4 Å². The van der Waals surface area contributed by atoms with Gasteiger partial charge in [0.25, 0.3) is 0 Å². The van der Waals surface area contributed by atoms with Crippen molar-refractivity contribution < 1.29 is 14.2 Å². The maximum absolute atomic E-state index is 5.49. The molecule has 0 aliphatic carbocycles. The van der Waals surface area contributed by atoms with Crippen molar-refractivity contribution in [1.82, 2.24) is 0 Å². The summed E-state index contributed by atoms with van der Waals surface area (Å²) < 4.78 is 15.7. The Morgan fingerprint density at radius 3 is 2.50 bits per heavy atom. The normalized spacial score (nSPS) is 10.5. The molecular weight excluding hydrogens is 206 g/mol. The molecule has 0 bridgehead atoms. The Labute approximate surface area is 96.5 Å². The van der Waals surface area contributed by atoms with E-state index in [1.807, 2.05) is 31.2 Å². The van der Waals surface area contributed by atoms with E-state index >= 15 is 0 Å². The highest BCUT2D eigenvalue weighted by molar-refractivity contribution is 5.56. The van der Waals surface area contributed by atoms with Crippen LogP contribution in [0.15, 0.2) is 24.3 Å². The van der Waals surface area contributed by atoms with Crippen LogP contribution >= 0.6 is 0 Å². The molecule has 0 atom stereocenters. The van der Waals surface area contributed by atoms with Gasteiger partial charge in [-0.2, -0.15) is 0 Å². The first-order valence-electron chi connectivity index (χ1n) is 5.33. The Bertz CT molecular complexity index is 300. The van der Waals surface area contributed by atoms with Crippen LogP contribution in [0.25, 0.3) is 0 Å². The van der Waals surface area contributed by atoms with Crippen molar-refractivity contribution in [2.75, 3.05) is 32.7 Å². The molecular formula is C12H19NO3. The highest BCUT2D eigenvalue weighted by Crippen LogP contribution is 2.23. The number of rotatable bonds is 7. The summed E-state index contributed by atoms with van der Waals surface area (Å²) >= 11 is 0. The molecule has 4 nitrogen and oxygen atoms in total. The van der Waals surface area contributed by atoms with Gasteiger partial charge < -0.3 is 19.5 Å². The van der Waals surface area contributed by atoms with E-state index in [2.05, 4.69) is 5.32 Å².